The van der Waals surface area contributed by atoms with Gasteiger partial charge in [0.2, 0.25) is 10.0 Å². The molecule has 0 atom stereocenters. The Morgan fingerprint density at radius 1 is 1.08 bits per heavy atom. The van der Waals surface area contributed by atoms with Crippen molar-refractivity contribution in [3.05, 3.63) is 59.7 Å². The number of anilines is 2. The number of rotatable bonds is 6. The zero-order chi connectivity index (χ0) is 19.3. The van der Waals surface area contributed by atoms with Crippen molar-refractivity contribution in [2.24, 2.45) is 0 Å². The highest BCUT2D eigenvalue weighted by molar-refractivity contribution is 7.92. The maximum absolute atomic E-state index is 13.4. The van der Waals surface area contributed by atoms with E-state index in [1.165, 1.54) is 24.3 Å². The van der Waals surface area contributed by atoms with E-state index in [-0.39, 0.29) is 11.3 Å². The van der Waals surface area contributed by atoms with Crippen LogP contribution in [0.4, 0.5) is 20.2 Å². The third-order valence-corrected chi connectivity index (χ3v) is 3.57. The third kappa shape index (κ3) is 5.52. The number of nitrogens with one attached hydrogen (secondary N) is 2. The van der Waals surface area contributed by atoms with Gasteiger partial charge < -0.3 is 10.1 Å². The van der Waals surface area contributed by atoms with E-state index in [4.69, 9.17) is 4.74 Å². The number of carbonyl (C=O) groups excluding carboxylic acids is 2. The van der Waals surface area contributed by atoms with Crippen LogP contribution in [0.15, 0.2) is 42.5 Å². The van der Waals surface area contributed by atoms with E-state index in [9.17, 15) is 26.8 Å². The molecule has 0 fully saturated rings. The Labute approximate surface area is 148 Å². The number of para-hydroxylation sites is 1. The summed E-state index contributed by atoms with van der Waals surface area (Å²) < 4.78 is 56.1. The average molecular weight is 384 g/mol. The van der Waals surface area contributed by atoms with Gasteiger partial charge in [-0.15, -0.1) is 0 Å². The van der Waals surface area contributed by atoms with Gasteiger partial charge in [-0.1, -0.05) is 12.1 Å². The first-order chi connectivity index (χ1) is 12.2. The Hall–Kier alpha value is -3.01. The third-order valence-electron chi connectivity index (χ3n) is 2.98. The summed E-state index contributed by atoms with van der Waals surface area (Å²) in [6, 6.07) is 8.14. The quantitative estimate of drug-likeness (QED) is 0.743. The molecule has 1 amide bonds. The zero-order valence-electron chi connectivity index (χ0n) is 13.5. The van der Waals surface area contributed by atoms with E-state index in [0.717, 1.165) is 24.5 Å². The lowest BCUT2D eigenvalue weighted by atomic mass is 10.2. The number of hydrogen-bond donors (Lipinski definition) is 2. The van der Waals surface area contributed by atoms with Gasteiger partial charge in [0.1, 0.15) is 11.6 Å². The molecule has 26 heavy (non-hydrogen) atoms. The van der Waals surface area contributed by atoms with Gasteiger partial charge in [-0.05, 0) is 24.3 Å². The van der Waals surface area contributed by atoms with Crippen LogP contribution in [0.25, 0.3) is 0 Å². The first kappa shape index (κ1) is 19.3. The number of ether oxygens (including phenoxy) is 1. The number of benzene rings is 2. The SMILES string of the molecule is CS(=O)(=O)Nc1ccccc1C(=O)OCC(=O)Nc1cc(F)ccc1F. The van der Waals surface area contributed by atoms with E-state index in [1.54, 1.807) is 0 Å². The first-order valence-electron chi connectivity index (χ1n) is 7.14. The van der Waals surface area contributed by atoms with Crippen molar-refractivity contribution in [2.75, 3.05) is 22.9 Å². The van der Waals surface area contributed by atoms with Crippen molar-refractivity contribution in [3.63, 3.8) is 0 Å². The Balaban J connectivity index is 2.03. The van der Waals surface area contributed by atoms with Gasteiger partial charge in [-0.3, -0.25) is 9.52 Å². The van der Waals surface area contributed by atoms with Crippen LogP contribution in [0.5, 0.6) is 0 Å². The molecule has 0 saturated carbocycles. The summed E-state index contributed by atoms with van der Waals surface area (Å²) in [6.45, 7) is -0.776. The van der Waals surface area contributed by atoms with Gasteiger partial charge in [0.15, 0.2) is 6.61 Å². The maximum atomic E-state index is 13.4. The molecule has 0 aliphatic heterocycles. The summed E-state index contributed by atoms with van der Waals surface area (Å²) in [6.07, 6.45) is 0.913. The van der Waals surface area contributed by atoms with Gasteiger partial charge >= 0.3 is 5.97 Å². The lowest BCUT2D eigenvalue weighted by molar-refractivity contribution is -0.119. The van der Waals surface area contributed by atoms with Crippen LogP contribution in [-0.4, -0.2) is 33.2 Å². The van der Waals surface area contributed by atoms with E-state index < -0.39 is 45.8 Å². The molecule has 2 aromatic carbocycles. The Morgan fingerprint density at radius 2 is 1.77 bits per heavy atom. The average Bonchev–Trinajstić information content (AvgIpc) is 2.55. The second kappa shape index (κ2) is 7.91. The fraction of sp³-hybridized carbons (Fsp3) is 0.125. The molecule has 0 spiro atoms. The van der Waals surface area contributed by atoms with Crippen LogP contribution in [0, 0.1) is 11.6 Å². The monoisotopic (exact) mass is 384 g/mol. The van der Waals surface area contributed by atoms with Crippen LogP contribution >= 0.6 is 0 Å². The van der Waals surface area contributed by atoms with Crippen LogP contribution in [0.2, 0.25) is 0 Å². The molecule has 2 rings (SSSR count). The fourth-order valence-electron chi connectivity index (χ4n) is 1.94. The number of carbonyl (C=O) groups is 2. The molecular formula is C16H14F2N2O5S. The molecule has 138 valence electrons. The van der Waals surface area contributed by atoms with E-state index in [1.807, 2.05) is 0 Å². The van der Waals surface area contributed by atoms with E-state index in [0.29, 0.717) is 0 Å². The summed E-state index contributed by atoms with van der Waals surface area (Å²) in [5.74, 6) is -3.46. The van der Waals surface area contributed by atoms with Gasteiger partial charge in [0.05, 0.1) is 23.2 Å². The summed E-state index contributed by atoms with van der Waals surface area (Å²) in [7, 11) is -3.63. The minimum atomic E-state index is -3.63. The van der Waals surface area contributed by atoms with Gasteiger partial charge in [0.25, 0.3) is 5.91 Å². The number of amides is 1. The lowest BCUT2D eigenvalue weighted by Crippen LogP contribution is -2.22. The summed E-state index contributed by atoms with van der Waals surface area (Å²) in [4.78, 5) is 23.8. The topological polar surface area (TPSA) is 102 Å². The number of hydrogen-bond acceptors (Lipinski definition) is 5. The zero-order valence-corrected chi connectivity index (χ0v) is 14.3. The van der Waals surface area contributed by atoms with Gasteiger partial charge in [-0.25, -0.2) is 22.0 Å². The second-order valence-electron chi connectivity index (χ2n) is 5.17. The molecule has 0 unspecified atom stereocenters. The van der Waals surface area contributed by atoms with Crippen molar-refractivity contribution in [3.8, 4) is 0 Å². The normalized spacial score (nSPS) is 10.9. The molecule has 0 aliphatic rings. The minimum Gasteiger partial charge on any atom is -0.452 e. The molecular weight excluding hydrogens is 370 g/mol. The van der Waals surface area contributed by atoms with Crippen molar-refractivity contribution in [2.45, 2.75) is 0 Å². The smallest absolute Gasteiger partial charge is 0.340 e. The molecule has 0 radical (unpaired) electrons. The first-order valence-corrected chi connectivity index (χ1v) is 9.04. The predicted molar refractivity (Wildman–Crippen MR) is 90.2 cm³/mol. The van der Waals surface area contributed by atoms with Crippen LogP contribution in [0.1, 0.15) is 10.4 Å². The van der Waals surface area contributed by atoms with Crippen LogP contribution in [0.3, 0.4) is 0 Å². The number of sulfonamides is 1. The van der Waals surface area contributed by atoms with Gasteiger partial charge in [0, 0.05) is 6.07 Å². The summed E-state index contributed by atoms with van der Waals surface area (Å²) in [5, 5.41) is 2.07. The molecule has 0 aliphatic carbocycles. The second-order valence-corrected chi connectivity index (χ2v) is 6.92. The highest BCUT2D eigenvalue weighted by atomic mass is 32.2. The van der Waals surface area contributed by atoms with Crippen LogP contribution < -0.4 is 10.0 Å². The largest absolute Gasteiger partial charge is 0.452 e. The van der Waals surface area contributed by atoms with E-state index in [2.05, 4.69) is 10.0 Å². The number of halogens is 2. The summed E-state index contributed by atoms with van der Waals surface area (Å²) in [5.41, 5.74) is -0.524. The fourth-order valence-corrected chi connectivity index (χ4v) is 2.52. The maximum Gasteiger partial charge on any atom is 0.340 e. The summed E-state index contributed by atoms with van der Waals surface area (Å²) >= 11 is 0. The molecule has 0 bridgehead atoms. The van der Waals surface area contributed by atoms with Crippen molar-refractivity contribution in [1.82, 2.24) is 0 Å². The molecule has 10 heteroatoms. The van der Waals surface area contributed by atoms with Crippen molar-refractivity contribution < 1.29 is 31.5 Å². The Morgan fingerprint density at radius 3 is 2.46 bits per heavy atom. The van der Waals surface area contributed by atoms with Crippen molar-refractivity contribution in [1.29, 1.82) is 0 Å². The molecule has 2 N–H and O–H groups in total. The molecule has 7 nitrogen and oxygen atoms in total. The molecule has 0 heterocycles. The van der Waals surface area contributed by atoms with E-state index >= 15 is 0 Å². The Bertz CT molecular complexity index is 947. The molecule has 2 aromatic rings. The molecule has 0 aromatic heterocycles. The van der Waals surface area contributed by atoms with Crippen molar-refractivity contribution >= 4 is 33.3 Å². The lowest BCUT2D eigenvalue weighted by Gasteiger charge is -2.11. The highest BCUT2D eigenvalue weighted by Crippen LogP contribution is 2.18. The predicted octanol–water partition coefficient (Wildman–Crippen LogP) is 2.13. The van der Waals surface area contributed by atoms with Gasteiger partial charge in [-0.2, -0.15) is 0 Å². The molecule has 0 saturated heterocycles. The minimum absolute atomic E-state index is 0.0171. The number of esters is 1. The Kier molecular flexibility index (Phi) is 5.88. The van der Waals surface area contributed by atoms with Crippen LogP contribution in [-0.2, 0) is 19.6 Å². The highest BCUT2D eigenvalue weighted by Gasteiger charge is 2.17. The standard InChI is InChI=1S/C16H14F2N2O5S/c1-26(23,24)20-13-5-3-2-4-11(13)16(22)25-9-15(21)19-14-8-10(17)6-7-12(14)18/h2-8,20H,9H2,1H3,(H,19,21).